The molecule has 0 aliphatic rings. The lowest BCUT2D eigenvalue weighted by molar-refractivity contribution is -0.274. The van der Waals surface area contributed by atoms with E-state index in [1.165, 1.54) is 7.05 Å². The quantitative estimate of drug-likeness (QED) is 0.743. The summed E-state index contributed by atoms with van der Waals surface area (Å²) in [4.78, 5) is 24.5. The maximum Gasteiger partial charge on any atom is 0.573 e. The van der Waals surface area contributed by atoms with Gasteiger partial charge in [-0.2, -0.15) is 0 Å². The van der Waals surface area contributed by atoms with Gasteiger partial charge < -0.3 is 10.1 Å². The molecule has 0 bridgehead atoms. The molecular formula is C15H16ClF3N6O3. The zero-order valence-corrected chi connectivity index (χ0v) is 15.7. The molecule has 2 aromatic rings. The highest BCUT2D eigenvalue weighted by atomic mass is 35.5. The molecule has 0 unspecified atom stereocenters. The van der Waals surface area contributed by atoms with Crippen LogP contribution in [-0.2, 0) is 11.8 Å². The number of ether oxygens (including phenoxy) is 1. The second kappa shape index (κ2) is 8.42. The van der Waals surface area contributed by atoms with E-state index < -0.39 is 34.6 Å². The predicted molar refractivity (Wildman–Crippen MR) is 93.0 cm³/mol. The van der Waals surface area contributed by atoms with Crippen LogP contribution in [0.2, 0.25) is 5.02 Å². The van der Waals surface area contributed by atoms with Gasteiger partial charge in [-0.1, -0.05) is 30.5 Å². The summed E-state index contributed by atoms with van der Waals surface area (Å²) in [5, 5.41) is 14.6. The van der Waals surface area contributed by atoms with Crippen molar-refractivity contribution in [2.24, 2.45) is 13.0 Å². The highest BCUT2D eigenvalue weighted by Gasteiger charge is 2.33. The first-order chi connectivity index (χ1) is 13.0. The summed E-state index contributed by atoms with van der Waals surface area (Å²) < 4.78 is 43.1. The first kappa shape index (κ1) is 21.4. The van der Waals surface area contributed by atoms with Crippen LogP contribution in [0.4, 0.5) is 24.8 Å². The summed E-state index contributed by atoms with van der Waals surface area (Å²) in [6.45, 7) is 3.51. The minimum atomic E-state index is -5.02. The SMILES string of the molecule is CC(C)CC(=O)Nc1c(OC(F)(F)F)ccc(C(=O)Nc2nnnn2C)c1Cl. The molecule has 9 nitrogen and oxygen atoms in total. The smallest absolute Gasteiger partial charge is 0.404 e. The van der Waals surface area contributed by atoms with Gasteiger partial charge in [0.25, 0.3) is 5.91 Å². The maximum atomic E-state index is 12.7. The van der Waals surface area contributed by atoms with Crippen LogP contribution in [0.5, 0.6) is 5.75 Å². The fourth-order valence-electron chi connectivity index (χ4n) is 2.13. The van der Waals surface area contributed by atoms with E-state index in [4.69, 9.17) is 11.6 Å². The molecule has 0 radical (unpaired) electrons. The van der Waals surface area contributed by atoms with Crippen LogP contribution in [-0.4, -0.2) is 38.4 Å². The van der Waals surface area contributed by atoms with Crippen molar-refractivity contribution in [2.45, 2.75) is 26.6 Å². The van der Waals surface area contributed by atoms with Gasteiger partial charge in [0.2, 0.25) is 11.9 Å². The molecule has 0 aliphatic carbocycles. The molecule has 152 valence electrons. The largest absolute Gasteiger partial charge is 0.573 e. The standard InChI is InChI=1S/C15H16ClF3N6O3/c1-7(2)6-10(26)20-12-9(28-15(17,18)19)5-4-8(11(12)16)13(27)21-14-22-23-24-25(14)3/h4-5,7H,6H2,1-3H3,(H,20,26)(H,21,22,24,27). The maximum absolute atomic E-state index is 12.7. The van der Waals surface area contributed by atoms with Crippen LogP contribution < -0.4 is 15.4 Å². The van der Waals surface area contributed by atoms with Crippen molar-refractivity contribution < 1.29 is 27.5 Å². The summed E-state index contributed by atoms with van der Waals surface area (Å²) in [7, 11) is 1.47. The molecule has 0 saturated heterocycles. The van der Waals surface area contributed by atoms with E-state index in [1.807, 2.05) is 0 Å². The van der Waals surface area contributed by atoms with Crippen LogP contribution in [0.15, 0.2) is 12.1 Å². The van der Waals surface area contributed by atoms with E-state index in [-0.39, 0.29) is 23.9 Å². The molecule has 0 aliphatic heterocycles. The third-order valence-electron chi connectivity index (χ3n) is 3.28. The van der Waals surface area contributed by atoms with Gasteiger partial charge in [-0.25, -0.2) is 4.68 Å². The Bertz CT molecular complexity index is 884. The van der Waals surface area contributed by atoms with Crippen molar-refractivity contribution in [1.82, 2.24) is 20.2 Å². The number of alkyl halides is 3. The number of hydrogen-bond acceptors (Lipinski definition) is 6. The Hall–Kier alpha value is -2.89. The lowest BCUT2D eigenvalue weighted by atomic mass is 10.1. The Kier molecular flexibility index (Phi) is 6.44. The minimum Gasteiger partial charge on any atom is -0.404 e. The number of aromatic nitrogens is 4. The highest BCUT2D eigenvalue weighted by molar-refractivity contribution is 6.37. The summed E-state index contributed by atoms with van der Waals surface area (Å²) in [5.74, 6) is -2.19. The topological polar surface area (TPSA) is 111 Å². The fraction of sp³-hybridized carbons (Fsp3) is 0.400. The third kappa shape index (κ3) is 5.55. The molecule has 13 heteroatoms. The molecule has 1 aromatic heterocycles. The number of benzene rings is 1. The molecule has 0 atom stereocenters. The minimum absolute atomic E-state index is 0.0120. The first-order valence-corrected chi connectivity index (χ1v) is 8.27. The van der Waals surface area contributed by atoms with Crippen LogP contribution >= 0.6 is 11.6 Å². The van der Waals surface area contributed by atoms with E-state index in [2.05, 4.69) is 30.9 Å². The molecule has 0 fully saturated rings. The Morgan fingerprint density at radius 2 is 1.96 bits per heavy atom. The summed E-state index contributed by atoms with van der Waals surface area (Å²) in [6.07, 6.45) is -4.99. The number of rotatable bonds is 6. The zero-order chi connectivity index (χ0) is 21.1. The number of nitrogens with zero attached hydrogens (tertiary/aromatic N) is 4. The van der Waals surface area contributed by atoms with Crippen molar-refractivity contribution in [3.8, 4) is 5.75 Å². The molecule has 1 aromatic carbocycles. The van der Waals surface area contributed by atoms with Crippen LogP contribution in [0.25, 0.3) is 0 Å². The van der Waals surface area contributed by atoms with Crippen LogP contribution in [0.3, 0.4) is 0 Å². The van der Waals surface area contributed by atoms with Gasteiger partial charge in [-0.3, -0.25) is 14.9 Å². The van der Waals surface area contributed by atoms with E-state index in [9.17, 15) is 22.8 Å². The van der Waals surface area contributed by atoms with Gasteiger partial charge in [0.1, 0.15) is 5.69 Å². The fourth-order valence-corrected chi connectivity index (χ4v) is 2.41. The molecule has 28 heavy (non-hydrogen) atoms. The zero-order valence-electron chi connectivity index (χ0n) is 15.0. The summed E-state index contributed by atoms with van der Waals surface area (Å²) >= 11 is 6.12. The number of tetrazole rings is 1. The van der Waals surface area contributed by atoms with Crippen molar-refractivity contribution in [3.05, 3.63) is 22.7 Å². The van der Waals surface area contributed by atoms with Gasteiger partial charge in [-0.15, -0.1) is 13.2 Å². The number of hydrogen-bond donors (Lipinski definition) is 2. The van der Waals surface area contributed by atoms with Gasteiger partial charge >= 0.3 is 6.36 Å². The van der Waals surface area contributed by atoms with Crippen molar-refractivity contribution in [1.29, 1.82) is 0 Å². The van der Waals surface area contributed by atoms with E-state index in [1.54, 1.807) is 13.8 Å². The van der Waals surface area contributed by atoms with E-state index in [0.717, 1.165) is 16.8 Å². The second-order valence-electron chi connectivity index (χ2n) is 6.07. The molecular weight excluding hydrogens is 405 g/mol. The Labute approximate surface area is 162 Å². The predicted octanol–water partition coefficient (Wildman–Crippen LogP) is 3.00. The van der Waals surface area contributed by atoms with Gasteiger partial charge in [0.15, 0.2) is 5.75 Å². The van der Waals surface area contributed by atoms with Crippen LogP contribution in [0.1, 0.15) is 30.6 Å². The molecule has 2 rings (SSSR count). The van der Waals surface area contributed by atoms with E-state index >= 15 is 0 Å². The number of amides is 2. The van der Waals surface area contributed by atoms with E-state index in [0.29, 0.717) is 0 Å². The van der Waals surface area contributed by atoms with Gasteiger partial charge in [-0.05, 0) is 28.5 Å². The molecule has 0 spiro atoms. The molecule has 2 N–H and O–H groups in total. The average Bonchev–Trinajstić information content (AvgIpc) is 2.93. The lowest BCUT2D eigenvalue weighted by Crippen LogP contribution is -2.22. The van der Waals surface area contributed by atoms with Gasteiger partial charge in [0.05, 0.1) is 10.6 Å². The second-order valence-corrected chi connectivity index (χ2v) is 6.45. The van der Waals surface area contributed by atoms with Crippen molar-refractivity contribution in [2.75, 3.05) is 10.6 Å². The average molecular weight is 421 g/mol. The first-order valence-electron chi connectivity index (χ1n) is 7.89. The third-order valence-corrected chi connectivity index (χ3v) is 3.67. The highest BCUT2D eigenvalue weighted by Crippen LogP contribution is 2.38. The summed E-state index contributed by atoms with van der Waals surface area (Å²) in [5.41, 5.74) is -0.674. The number of carbonyl (C=O) groups is 2. The van der Waals surface area contributed by atoms with Crippen LogP contribution in [0, 0.1) is 5.92 Å². The Morgan fingerprint density at radius 1 is 1.29 bits per heavy atom. The van der Waals surface area contributed by atoms with Crippen molar-refractivity contribution in [3.63, 3.8) is 0 Å². The van der Waals surface area contributed by atoms with Crippen molar-refractivity contribution >= 4 is 35.1 Å². The number of halogens is 4. The number of aryl methyl sites for hydroxylation is 1. The van der Waals surface area contributed by atoms with Gasteiger partial charge in [0, 0.05) is 13.5 Å². The Balaban J connectivity index is 2.39. The molecule has 1 heterocycles. The molecule has 2 amide bonds. The normalized spacial score (nSPS) is 11.4. The summed E-state index contributed by atoms with van der Waals surface area (Å²) in [6, 6.07) is 1.91. The molecule has 0 saturated carbocycles. The monoisotopic (exact) mass is 420 g/mol. The lowest BCUT2D eigenvalue weighted by Gasteiger charge is -2.17. The number of carbonyl (C=O) groups excluding carboxylic acids is 2. The Morgan fingerprint density at radius 3 is 2.50 bits per heavy atom. The number of nitrogens with one attached hydrogen (secondary N) is 2. The number of anilines is 2.